The second-order valence-corrected chi connectivity index (χ2v) is 5.81. The van der Waals surface area contributed by atoms with Gasteiger partial charge >= 0.3 is 6.09 Å². The van der Waals surface area contributed by atoms with E-state index in [-0.39, 0.29) is 11.6 Å². The number of rotatable bonds is 3. The monoisotopic (exact) mass is 285 g/mol. The van der Waals surface area contributed by atoms with Gasteiger partial charge in [0.1, 0.15) is 6.61 Å². The Morgan fingerprint density at radius 2 is 2.29 bits per heavy atom. The predicted octanol–water partition coefficient (Wildman–Crippen LogP) is 1.97. The highest BCUT2D eigenvalue weighted by Gasteiger charge is 2.49. The van der Waals surface area contributed by atoms with Gasteiger partial charge in [0.05, 0.1) is 17.2 Å². The number of ether oxygens (including phenoxy) is 1. The lowest BCUT2D eigenvalue weighted by molar-refractivity contribution is 0.0449. The SMILES string of the molecule is CCC12COC(=O)N1CCN(Cc1cccc(C#N)c1)C2. The molecule has 1 amide bonds. The van der Waals surface area contributed by atoms with Crippen molar-refractivity contribution in [1.82, 2.24) is 9.80 Å². The first-order chi connectivity index (χ1) is 10.2. The number of cyclic esters (lactones) is 1. The summed E-state index contributed by atoms with van der Waals surface area (Å²) < 4.78 is 5.25. The molecule has 1 aromatic carbocycles. The second-order valence-electron chi connectivity index (χ2n) is 5.81. The van der Waals surface area contributed by atoms with E-state index >= 15 is 0 Å². The molecule has 0 N–H and O–H groups in total. The molecule has 0 aromatic heterocycles. The van der Waals surface area contributed by atoms with Gasteiger partial charge in [-0.2, -0.15) is 5.26 Å². The Hall–Kier alpha value is -2.06. The molecule has 2 fully saturated rings. The van der Waals surface area contributed by atoms with Crippen LogP contribution in [0.25, 0.3) is 0 Å². The van der Waals surface area contributed by atoms with Gasteiger partial charge in [0.25, 0.3) is 0 Å². The lowest BCUT2D eigenvalue weighted by Crippen LogP contribution is -2.60. The first-order valence-electron chi connectivity index (χ1n) is 7.33. The van der Waals surface area contributed by atoms with Crippen LogP contribution in [-0.2, 0) is 11.3 Å². The molecule has 2 heterocycles. The molecule has 2 aliphatic heterocycles. The maximum atomic E-state index is 11.8. The van der Waals surface area contributed by atoms with Gasteiger partial charge in [0.2, 0.25) is 0 Å². The number of carbonyl (C=O) groups excluding carboxylic acids is 1. The summed E-state index contributed by atoms with van der Waals surface area (Å²) in [4.78, 5) is 16.0. The third-order valence-electron chi connectivity index (χ3n) is 4.54. The molecule has 2 saturated heterocycles. The molecule has 0 spiro atoms. The van der Waals surface area contributed by atoms with Crippen LogP contribution in [0.3, 0.4) is 0 Å². The minimum Gasteiger partial charge on any atom is -0.447 e. The summed E-state index contributed by atoms with van der Waals surface area (Å²) in [6.45, 7) is 5.77. The Kier molecular flexibility index (Phi) is 3.56. The zero-order valence-electron chi connectivity index (χ0n) is 12.2. The van der Waals surface area contributed by atoms with Crippen molar-refractivity contribution in [3.63, 3.8) is 0 Å². The zero-order chi connectivity index (χ0) is 14.9. The zero-order valence-corrected chi connectivity index (χ0v) is 12.2. The molecule has 1 atom stereocenters. The van der Waals surface area contributed by atoms with Crippen LogP contribution in [-0.4, -0.2) is 47.7 Å². The Balaban J connectivity index is 1.73. The number of hydrogen-bond acceptors (Lipinski definition) is 4. The van der Waals surface area contributed by atoms with Gasteiger partial charge in [-0.25, -0.2) is 4.79 Å². The van der Waals surface area contributed by atoms with E-state index in [0.29, 0.717) is 18.7 Å². The third kappa shape index (κ3) is 2.47. The number of hydrogen-bond donors (Lipinski definition) is 0. The van der Waals surface area contributed by atoms with Gasteiger partial charge in [-0.05, 0) is 24.1 Å². The quantitative estimate of drug-likeness (QED) is 0.852. The molecule has 1 aromatic rings. The van der Waals surface area contributed by atoms with Crippen LogP contribution in [0.4, 0.5) is 4.79 Å². The minimum absolute atomic E-state index is 0.178. The molecule has 110 valence electrons. The first-order valence-corrected chi connectivity index (χ1v) is 7.33. The van der Waals surface area contributed by atoms with E-state index in [1.165, 1.54) is 0 Å². The first kappa shape index (κ1) is 13.9. The van der Waals surface area contributed by atoms with Crippen molar-refractivity contribution in [3.05, 3.63) is 35.4 Å². The van der Waals surface area contributed by atoms with Crippen molar-refractivity contribution in [2.45, 2.75) is 25.4 Å². The Bertz CT molecular complexity index is 595. The number of nitriles is 1. The third-order valence-corrected chi connectivity index (χ3v) is 4.54. The van der Waals surface area contributed by atoms with Crippen LogP contribution >= 0.6 is 0 Å². The molecule has 21 heavy (non-hydrogen) atoms. The van der Waals surface area contributed by atoms with Crippen LogP contribution in [0.2, 0.25) is 0 Å². The van der Waals surface area contributed by atoms with Crippen LogP contribution in [0.5, 0.6) is 0 Å². The van der Waals surface area contributed by atoms with Gasteiger partial charge in [-0.3, -0.25) is 9.80 Å². The summed E-state index contributed by atoms with van der Waals surface area (Å²) in [5, 5.41) is 8.97. The standard InChI is InChI=1S/C16H19N3O2/c1-2-16-11-18(6-7-19(16)15(20)21-12-16)10-14-5-3-4-13(8-14)9-17/h3-5,8H,2,6-7,10-12H2,1H3. The topological polar surface area (TPSA) is 56.6 Å². The van der Waals surface area contributed by atoms with Gasteiger partial charge in [-0.15, -0.1) is 0 Å². The van der Waals surface area contributed by atoms with Gasteiger partial charge < -0.3 is 4.74 Å². The van der Waals surface area contributed by atoms with Gasteiger partial charge in [0.15, 0.2) is 0 Å². The number of amides is 1. The van der Waals surface area contributed by atoms with Crippen LogP contribution in [0.1, 0.15) is 24.5 Å². The van der Waals surface area contributed by atoms with E-state index in [9.17, 15) is 4.79 Å². The van der Waals surface area contributed by atoms with E-state index in [1.54, 1.807) is 0 Å². The average Bonchev–Trinajstić information content (AvgIpc) is 2.85. The molecule has 5 nitrogen and oxygen atoms in total. The smallest absolute Gasteiger partial charge is 0.410 e. The summed E-state index contributed by atoms with van der Waals surface area (Å²) in [7, 11) is 0. The van der Waals surface area contributed by atoms with Crippen molar-refractivity contribution in [3.8, 4) is 6.07 Å². The molecule has 0 radical (unpaired) electrons. The number of carbonyl (C=O) groups is 1. The summed E-state index contributed by atoms with van der Waals surface area (Å²) in [5.74, 6) is 0. The normalized spacial score (nSPS) is 25.3. The van der Waals surface area contributed by atoms with E-state index in [1.807, 2.05) is 29.2 Å². The van der Waals surface area contributed by atoms with E-state index in [0.717, 1.165) is 31.6 Å². The van der Waals surface area contributed by atoms with Crippen LogP contribution in [0.15, 0.2) is 24.3 Å². The Morgan fingerprint density at radius 3 is 3.05 bits per heavy atom. The fraction of sp³-hybridized carbons (Fsp3) is 0.500. The molecule has 0 bridgehead atoms. The van der Waals surface area contributed by atoms with Crippen molar-refractivity contribution < 1.29 is 9.53 Å². The summed E-state index contributed by atoms with van der Waals surface area (Å²) >= 11 is 0. The molecule has 1 unspecified atom stereocenters. The number of benzene rings is 1. The van der Waals surface area contributed by atoms with E-state index < -0.39 is 0 Å². The molecule has 3 rings (SSSR count). The predicted molar refractivity (Wildman–Crippen MR) is 77.5 cm³/mol. The summed E-state index contributed by atoms with van der Waals surface area (Å²) in [5.41, 5.74) is 1.65. The fourth-order valence-electron chi connectivity index (χ4n) is 3.28. The number of fused-ring (bicyclic) bond motifs is 1. The van der Waals surface area contributed by atoms with Gasteiger partial charge in [-0.1, -0.05) is 19.1 Å². The molecule has 5 heteroatoms. The average molecular weight is 285 g/mol. The molecule has 0 aliphatic carbocycles. The Morgan fingerprint density at radius 1 is 1.43 bits per heavy atom. The van der Waals surface area contributed by atoms with Crippen molar-refractivity contribution >= 4 is 6.09 Å². The van der Waals surface area contributed by atoms with E-state index in [4.69, 9.17) is 10.00 Å². The van der Waals surface area contributed by atoms with Crippen LogP contribution < -0.4 is 0 Å². The van der Waals surface area contributed by atoms with Crippen molar-refractivity contribution in [2.75, 3.05) is 26.2 Å². The molecular formula is C16H19N3O2. The lowest BCUT2D eigenvalue weighted by atomic mass is 9.92. The molecule has 0 saturated carbocycles. The van der Waals surface area contributed by atoms with Crippen molar-refractivity contribution in [1.29, 1.82) is 5.26 Å². The highest BCUT2D eigenvalue weighted by molar-refractivity contribution is 5.71. The Labute approximate surface area is 124 Å². The van der Waals surface area contributed by atoms with Crippen molar-refractivity contribution in [2.24, 2.45) is 0 Å². The maximum absolute atomic E-state index is 11.8. The largest absolute Gasteiger partial charge is 0.447 e. The second kappa shape index (κ2) is 5.38. The maximum Gasteiger partial charge on any atom is 0.410 e. The highest BCUT2D eigenvalue weighted by Crippen LogP contribution is 2.32. The summed E-state index contributed by atoms with van der Waals surface area (Å²) in [6, 6.07) is 9.89. The number of piperazine rings is 1. The van der Waals surface area contributed by atoms with Gasteiger partial charge in [0, 0.05) is 26.2 Å². The highest BCUT2D eigenvalue weighted by atomic mass is 16.6. The summed E-state index contributed by atoms with van der Waals surface area (Å²) in [6.07, 6.45) is 0.719. The van der Waals surface area contributed by atoms with E-state index in [2.05, 4.69) is 17.9 Å². The minimum atomic E-state index is -0.178. The lowest BCUT2D eigenvalue weighted by Gasteiger charge is -2.44. The molecular weight excluding hydrogens is 266 g/mol. The number of nitrogens with zero attached hydrogens (tertiary/aromatic N) is 3. The molecule has 2 aliphatic rings. The van der Waals surface area contributed by atoms with Crippen LogP contribution in [0, 0.1) is 11.3 Å². The fourth-order valence-corrected chi connectivity index (χ4v) is 3.28.